The first-order valence-corrected chi connectivity index (χ1v) is 15.1. The van der Waals surface area contributed by atoms with Crippen molar-refractivity contribution in [2.24, 2.45) is 0 Å². The molecule has 0 fully saturated rings. The second-order valence-electron chi connectivity index (χ2n) is 13.2. The Balaban J connectivity index is 2.90. The average molecular weight is 504 g/mol. The Bertz CT molecular complexity index is 1030. The molecule has 0 bridgehead atoms. The van der Waals surface area contributed by atoms with E-state index in [4.69, 9.17) is 0 Å². The number of hydrogen-bond acceptors (Lipinski definition) is 4. The topological polar surface area (TPSA) is 63.9 Å². The van der Waals surface area contributed by atoms with E-state index in [1.54, 1.807) is 0 Å². The Morgan fingerprint density at radius 2 is 1.14 bits per heavy atom. The Kier molecular flexibility index (Phi) is 8.45. The number of nitrogens with zero attached hydrogens (tertiary/aromatic N) is 1. The predicted octanol–water partition coefficient (Wildman–Crippen LogP) is 6.73. The van der Waals surface area contributed by atoms with Gasteiger partial charge in [0.2, 0.25) is 0 Å². The maximum atomic E-state index is 12.0. The van der Waals surface area contributed by atoms with Gasteiger partial charge in [0.25, 0.3) is 0 Å². The zero-order chi connectivity index (χ0) is 27.2. The van der Waals surface area contributed by atoms with Crippen LogP contribution in [0.25, 0.3) is 0 Å². The molecule has 4 nitrogen and oxygen atoms in total. The molecular formula is C30H50NO3P. The van der Waals surface area contributed by atoms with Crippen LogP contribution in [0.5, 0.6) is 0 Å². The standard InChI is InChI=1S/C30H50NO3P/c1-20(2)22-15-13-17-24(29(5,6)7)27(22)26(31(11)12)19-35(32,33,34)28-23(21(3)4)16-14-18-25(28)30(8,9)10/h13-18,20-21,26,32-34H,19H2,1-12H3. The van der Waals surface area contributed by atoms with E-state index in [1.165, 1.54) is 11.1 Å². The minimum atomic E-state index is -5.34. The van der Waals surface area contributed by atoms with Crippen molar-refractivity contribution in [2.75, 3.05) is 20.3 Å². The molecule has 2 aromatic carbocycles. The van der Waals surface area contributed by atoms with Gasteiger partial charge in [-0.1, -0.05) is 0 Å². The molecule has 198 valence electrons. The first-order valence-electron chi connectivity index (χ1n) is 12.9. The van der Waals surface area contributed by atoms with Crippen LogP contribution in [0.4, 0.5) is 0 Å². The Labute approximate surface area is 214 Å². The van der Waals surface area contributed by atoms with Crippen LogP contribution in [0.3, 0.4) is 0 Å². The fourth-order valence-corrected chi connectivity index (χ4v) is 8.27. The summed E-state index contributed by atoms with van der Waals surface area (Å²) in [5.41, 5.74) is 4.52. The van der Waals surface area contributed by atoms with Crippen molar-refractivity contribution in [3.63, 3.8) is 0 Å². The van der Waals surface area contributed by atoms with Gasteiger partial charge in [-0.25, -0.2) is 0 Å². The van der Waals surface area contributed by atoms with Gasteiger partial charge in [-0.05, 0) is 0 Å². The zero-order valence-corrected chi connectivity index (χ0v) is 25.0. The van der Waals surface area contributed by atoms with Crippen molar-refractivity contribution in [3.05, 3.63) is 64.2 Å². The summed E-state index contributed by atoms with van der Waals surface area (Å²) in [6.07, 6.45) is -0.155. The number of hydrogen-bond donors (Lipinski definition) is 3. The molecule has 1 atom stereocenters. The molecule has 2 aromatic rings. The molecule has 3 N–H and O–H groups in total. The Morgan fingerprint density at radius 1 is 0.714 bits per heavy atom. The molecule has 1 unspecified atom stereocenters. The van der Waals surface area contributed by atoms with Gasteiger partial charge in [-0.3, -0.25) is 0 Å². The van der Waals surface area contributed by atoms with Crippen LogP contribution in [-0.4, -0.2) is 39.8 Å². The molecule has 0 saturated carbocycles. The van der Waals surface area contributed by atoms with E-state index >= 15 is 0 Å². The van der Waals surface area contributed by atoms with Gasteiger partial charge in [0.05, 0.1) is 0 Å². The van der Waals surface area contributed by atoms with Crippen molar-refractivity contribution in [2.45, 2.75) is 97.9 Å². The molecule has 0 saturated heterocycles. The summed E-state index contributed by atoms with van der Waals surface area (Å²) in [4.78, 5) is 38.2. The minimum absolute atomic E-state index is 0.0335. The van der Waals surface area contributed by atoms with Crippen molar-refractivity contribution < 1.29 is 14.7 Å². The number of rotatable bonds is 7. The molecule has 0 radical (unpaired) electrons. The quantitative estimate of drug-likeness (QED) is 0.367. The first-order chi connectivity index (χ1) is 15.7. The van der Waals surface area contributed by atoms with Crippen molar-refractivity contribution in [3.8, 4) is 0 Å². The fourth-order valence-electron chi connectivity index (χ4n) is 5.18. The predicted molar refractivity (Wildman–Crippen MR) is 153 cm³/mol. The summed E-state index contributed by atoms with van der Waals surface area (Å²) >= 11 is 0. The van der Waals surface area contributed by atoms with E-state index < -0.39 is 7.28 Å². The van der Waals surface area contributed by atoms with Gasteiger partial charge < -0.3 is 0 Å². The van der Waals surface area contributed by atoms with E-state index in [-0.39, 0.29) is 34.9 Å². The third-order valence-corrected chi connectivity index (χ3v) is 9.42. The monoisotopic (exact) mass is 503 g/mol. The van der Waals surface area contributed by atoms with Crippen LogP contribution < -0.4 is 5.30 Å². The summed E-state index contributed by atoms with van der Waals surface area (Å²) in [5.74, 6) is 0.288. The molecule has 0 aromatic heterocycles. The molecule has 0 amide bonds. The Hall–Kier alpha value is -1.29. The summed E-state index contributed by atoms with van der Waals surface area (Å²) in [6.45, 7) is 21.1. The maximum absolute atomic E-state index is 12.0. The van der Waals surface area contributed by atoms with E-state index in [0.717, 1.165) is 16.7 Å². The first kappa shape index (κ1) is 29.9. The van der Waals surface area contributed by atoms with Gasteiger partial charge in [-0.2, -0.15) is 0 Å². The summed E-state index contributed by atoms with van der Waals surface area (Å²) in [7, 11) is -1.42. The molecule has 0 aliphatic heterocycles. The molecular weight excluding hydrogens is 453 g/mol. The second-order valence-corrected chi connectivity index (χ2v) is 16.3. The third kappa shape index (κ3) is 6.53. The van der Waals surface area contributed by atoms with Gasteiger partial charge >= 0.3 is 215 Å². The molecule has 5 heteroatoms. The molecule has 0 heterocycles. The summed E-state index contributed by atoms with van der Waals surface area (Å²) in [6, 6.07) is 11.8. The average Bonchev–Trinajstić information content (AvgIpc) is 2.69. The molecule has 35 heavy (non-hydrogen) atoms. The molecule has 0 aliphatic carbocycles. The molecule has 2 rings (SSSR count). The van der Waals surface area contributed by atoms with Gasteiger partial charge in [0.1, 0.15) is 0 Å². The second kappa shape index (κ2) is 9.88. The normalized spacial score (nSPS) is 15.5. The van der Waals surface area contributed by atoms with Crippen molar-refractivity contribution >= 4 is 12.6 Å². The summed E-state index contributed by atoms with van der Waals surface area (Å²) in [5, 5.41) is 0.340. The molecule has 0 aliphatic rings. The fraction of sp³-hybridized carbons (Fsp3) is 0.600. The van der Waals surface area contributed by atoms with Crippen LogP contribution in [0.1, 0.15) is 115 Å². The van der Waals surface area contributed by atoms with Gasteiger partial charge in [-0.15, -0.1) is 0 Å². The van der Waals surface area contributed by atoms with E-state index in [1.807, 2.05) is 51.0 Å². The SMILES string of the molecule is CC(C)c1cccc(C(C)(C)C)c1C(CP(O)(O)(O)c1c(C(C)C)cccc1C(C)(C)C)N(C)C. The van der Waals surface area contributed by atoms with Crippen LogP contribution in [0.2, 0.25) is 0 Å². The van der Waals surface area contributed by atoms with Crippen molar-refractivity contribution in [1.29, 1.82) is 0 Å². The van der Waals surface area contributed by atoms with Crippen molar-refractivity contribution in [1.82, 2.24) is 4.90 Å². The van der Waals surface area contributed by atoms with Crippen LogP contribution in [0.15, 0.2) is 36.4 Å². The van der Waals surface area contributed by atoms with Gasteiger partial charge in [0.15, 0.2) is 0 Å². The summed E-state index contributed by atoms with van der Waals surface area (Å²) < 4.78 is 0. The number of benzene rings is 2. The van der Waals surface area contributed by atoms with E-state index in [9.17, 15) is 14.7 Å². The van der Waals surface area contributed by atoms with Crippen LogP contribution in [-0.2, 0) is 10.8 Å². The van der Waals surface area contributed by atoms with Crippen LogP contribution in [0, 0.1) is 0 Å². The molecule has 0 spiro atoms. The third-order valence-electron chi connectivity index (χ3n) is 6.99. The van der Waals surface area contributed by atoms with Gasteiger partial charge in [0, 0.05) is 0 Å². The Morgan fingerprint density at radius 3 is 1.54 bits per heavy atom. The van der Waals surface area contributed by atoms with E-state index in [0.29, 0.717) is 5.30 Å². The van der Waals surface area contributed by atoms with E-state index in [2.05, 4.69) is 73.6 Å². The zero-order valence-electron chi connectivity index (χ0n) is 24.1. The van der Waals surface area contributed by atoms with Crippen LogP contribution >= 0.6 is 7.28 Å².